The van der Waals surface area contributed by atoms with Crippen LogP contribution in [0.1, 0.15) is 35.9 Å². The Morgan fingerprint density at radius 2 is 1.64 bits per heavy atom. The first kappa shape index (κ1) is 11.7. The van der Waals surface area contributed by atoms with Gasteiger partial charge in [-0.15, -0.1) is 0 Å². The van der Waals surface area contributed by atoms with Crippen LogP contribution >= 0.6 is 34.8 Å². The standard InChI is InChI=1S/C8H7Cl3N2O/c1-3(2)8-12-5(9)4(7(11)14)6(10)13-8/h3H,1-2H3. The minimum absolute atomic E-state index is 0.00583. The summed E-state index contributed by atoms with van der Waals surface area (Å²) in [6, 6.07) is 0. The molecule has 0 aromatic carbocycles. The van der Waals surface area contributed by atoms with Crippen LogP contribution in [0.3, 0.4) is 0 Å². The second kappa shape index (κ2) is 4.43. The third-order valence-corrected chi connectivity index (χ3v) is 2.29. The fourth-order valence-corrected chi connectivity index (χ4v) is 1.69. The zero-order valence-electron chi connectivity index (χ0n) is 7.51. The fourth-order valence-electron chi connectivity index (χ4n) is 0.843. The van der Waals surface area contributed by atoms with Crippen molar-refractivity contribution in [2.24, 2.45) is 0 Å². The van der Waals surface area contributed by atoms with Gasteiger partial charge in [-0.05, 0) is 11.6 Å². The SMILES string of the molecule is CC(C)c1nc(Cl)c(C(=O)Cl)c(Cl)n1. The minimum Gasteiger partial charge on any atom is -0.275 e. The van der Waals surface area contributed by atoms with Crippen LogP contribution in [-0.2, 0) is 0 Å². The molecule has 0 bridgehead atoms. The van der Waals surface area contributed by atoms with E-state index in [0.29, 0.717) is 5.82 Å². The van der Waals surface area contributed by atoms with Crippen LogP contribution in [0.4, 0.5) is 0 Å². The summed E-state index contributed by atoms with van der Waals surface area (Å²) in [6.45, 7) is 3.79. The van der Waals surface area contributed by atoms with Gasteiger partial charge in [-0.1, -0.05) is 37.0 Å². The lowest BCUT2D eigenvalue weighted by Crippen LogP contribution is -2.04. The van der Waals surface area contributed by atoms with Gasteiger partial charge >= 0.3 is 0 Å². The molecule has 76 valence electrons. The lowest BCUT2D eigenvalue weighted by Gasteiger charge is -2.06. The van der Waals surface area contributed by atoms with Gasteiger partial charge in [-0.2, -0.15) is 0 Å². The monoisotopic (exact) mass is 252 g/mol. The molecule has 6 heteroatoms. The zero-order valence-corrected chi connectivity index (χ0v) is 9.78. The quantitative estimate of drug-likeness (QED) is 0.600. The highest BCUT2D eigenvalue weighted by molar-refractivity contribution is 6.69. The third kappa shape index (κ3) is 2.35. The molecule has 3 nitrogen and oxygen atoms in total. The molecular formula is C8H7Cl3N2O. The van der Waals surface area contributed by atoms with Crippen LogP contribution in [0.25, 0.3) is 0 Å². The van der Waals surface area contributed by atoms with E-state index in [2.05, 4.69) is 9.97 Å². The Bertz CT molecular complexity index is 356. The topological polar surface area (TPSA) is 42.9 Å². The normalized spacial score (nSPS) is 10.7. The van der Waals surface area contributed by atoms with E-state index >= 15 is 0 Å². The number of hydrogen-bond donors (Lipinski definition) is 0. The fraction of sp³-hybridized carbons (Fsp3) is 0.375. The molecule has 0 fully saturated rings. The first-order valence-electron chi connectivity index (χ1n) is 3.86. The summed E-state index contributed by atoms with van der Waals surface area (Å²) in [5, 5.41) is -0.766. The van der Waals surface area contributed by atoms with E-state index in [-0.39, 0.29) is 21.8 Å². The maximum absolute atomic E-state index is 10.9. The molecule has 0 aliphatic rings. The van der Waals surface area contributed by atoms with Crippen LogP contribution in [0.15, 0.2) is 0 Å². The lowest BCUT2D eigenvalue weighted by atomic mass is 10.2. The lowest BCUT2D eigenvalue weighted by molar-refractivity contribution is 0.108. The van der Waals surface area contributed by atoms with E-state index < -0.39 is 5.24 Å². The van der Waals surface area contributed by atoms with Crippen LogP contribution < -0.4 is 0 Å². The first-order valence-corrected chi connectivity index (χ1v) is 4.99. The second-order valence-corrected chi connectivity index (χ2v) is 4.03. The molecule has 0 spiro atoms. The third-order valence-electron chi connectivity index (χ3n) is 1.55. The van der Waals surface area contributed by atoms with Gasteiger partial charge in [0, 0.05) is 5.92 Å². The van der Waals surface area contributed by atoms with Crippen molar-refractivity contribution < 1.29 is 4.79 Å². The number of nitrogens with zero attached hydrogens (tertiary/aromatic N) is 2. The molecule has 1 heterocycles. The van der Waals surface area contributed by atoms with Gasteiger partial charge in [-0.25, -0.2) is 9.97 Å². The van der Waals surface area contributed by atoms with Crippen LogP contribution in [0.5, 0.6) is 0 Å². The van der Waals surface area contributed by atoms with E-state index in [9.17, 15) is 4.79 Å². The summed E-state index contributed by atoms with van der Waals surface area (Å²) >= 11 is 16.7. The number of aromatic nitrogens is 2. The predicted octanol–water partition coefficient (Wildman–Crippen LogP) is 3.29. The molecule has 1 aromatic rings. The van der Waals surface area contributed by atoms with Gasteiger partial charge in [0.15, 0.2) is 0 Å². The van der Waals surface area contributed by atoms with Gasteiger partial charge in [-0.3, -0.25) is 4.79 Å². The van der Waals surface area contributed by atoms with Crippen LogP contribution in [-0.4, -0.2) is 15.2 Å². The van der Waals surface area contributed by atoms with Crippen LogP contribution in [0.2, 0.25) is 10.3 Å². The van der Waals surface area contributed by atoms with Crippen molar-refractivity contribution >= 4 is 40.0 Å². The van der Waals surface area contributed by atoms with Gasteiger partial charge in [0.2, 0.25) is 0 Å². The average Bonchev–Trinajstić information content (AvgIpc) is 2.01. The van der Waals surface area contributed by atoms with Crippen molar-refractivity contribution in [1.82, 2.24) is 9.97 Å². The van der Waals surface area contributed by atoms with E-state index in [0.717, 1.165) is 0 Å². The minimum atomic E-state index is -0.754. The summed E-state index contributed by atoms with van der Waals surface area (Å²) < 4.78 is 0. The smallest absolute Gasteiger partial charge is 0.258 e. The second-order valence-electron chi connectivity index (χ2n) is 2.97. The summed E-state index contributed by atoms with van der Waals surface area (Å²) in [5.41, 5.74) is -0.0422. The number of carbonyl (C=O) groups excluding carboxylic acids is 1. The Morgan fingerprint density at radius 1 is 1.21 bits per heavy atom. The average molecular weight is 254 g/mol. The highest BCUT2D eigenvalue weighted by Crippen LogP contribution is 2.25. The number of hydrogen-bond acceptors (Lipinski definition) is 3. The Kier molecular flexibility index (Phi) is 3.70. The highest BCUT2D eigenvalue weighted by Gasteiger charge is 2.17. The highest BCUT2D eigenvalue weighted by atomic mass is 35.5. The van der Waals surface area contributed by atoms with Gasteiger partial charge in [0.05, 0.1) is 0 Å². The molecule has 14 heavy (non-hydrogen) atoms. The molecule has 0 aliphatic heterocycles. The van der Waals surface area contributed by atoms with Gasteiger partial charge in [0.1, 0.15) is 21.7 Å². The van der Waals surface area contributed by atoms with Crippen molar-refractivity contribution in [3.63, 3.8) is 0 Å². The maximum Gasteiger partial charge on any atom is 0.258 e. The molecular weight excluding hydrogens is 246 g/mol. The maximum atomic E-state index is 10.9. The summed E-state index contributed by atoms with van der Waals surface area (Å²) in [7, 11) is 0. The summed E-state index contributed by atoms with van der Waals surface area (Å²) in [6.07, 6.45) is 0. The molecule has 0 N–H and O–H groups in total. The molecule has 1 rings (SSSR count). The summed E-state index contributed by atoms with van der Waals surface area (Å²) in [5.74, 6) is 0.575. The Hall–Kier alpha value is -0.380. The first-order chi connectivity index (χ1) is 6.43. The molecule has 0 radical (unpaired) electrons. The number of halogens is 3. The van der Waals surface area contributed by atoms with Gasteiger partial charge < -0.3 is 0 Å². The molecule has 0 aliphatic carbocycles. The van der Waals surface area contributed by atoms with Crippen molar-refractivity contribution in [3.05, 3.63) is 21.7 Å². The zero-order chi connectivity index (χ0) is 10.9. The largest absolute Gasteiger partial charge is 0.275 e. The Morgan fingerprint density at radius 3 is 1.93 bits per heavy atom. The molecule has 0 atom stereocenters. The Labute approximate surface area is 96.4 Å². The summed E-state index contributed by atoms with van der Waals surface area (Å²) in [4.78, 5) is 18.7. The van der Waals surface area contributed by atoms with E-state index in [4.69, 9.17) is 34.8 Å². The molecule has 1 aromatic heterocycles. The number of carbonyl (C=O) groups is 1. The predicted molar refractivity (Wildman–Crippen MR) is 56.3 cm³/mol. The van der Waals surface area contributed by atoms with Crippen molar-refractivity contribution in [2.75, 3.05) is 0 Å². The molecule has 0 saturated carbocycles. The van der Waals surface area contributed by atoms with Crippen molar-refractivity contribution in [3.8, 4) is 0 Å². The Balaban J connectivity index is 3.32. The number of rotatable bonds is 2. The molecule has 0 unspecified atom stereocenters. The molecule has 0 saturated heterocycles. The molecule has 0 amide bonds. The van der Waals surface area contributed by atoms with Crippen molar-refractivity contribution in [2.45, 2.75) is 19.8 Å². The van der Waals surface area contributed by atoms with Gasteiger partial charge in [0.25, 0.3) is 5.24 Å². The van der Waals surface area contributed by atoms with Crippen LogP contribution in [0, 0.1) is 0 Å². The van der Waals surface area contributed by atoms with E-state index in [1.807, 2.05) is 13.8 Å². The van der Waals surface area contributed by atoms with E-state index in [1.54, 1.807) is 0 Å². The van der Waals surface area contributed by atoms with E-state index in [1.165, 1.54) is 0 Å². The van der Waals surface area contributed by atoms with Crippen molar-refractivity contribution in [1.29, 1.82) is 0 Å².